The number of aromatic amines is 1. The number of hydrogen-bond donors (Lipinski definition) is 1. The van der Waals surface area contributed by atoms with Crippen LogP contribution < -0.4 is 0 Å². The highest BCUT2D eigenvalue weighted by Gasteiger charge is 2.31. The Morgan fingerprint density at radius 3 is 2.60 bits per heavy atom. The first kappa shape index (κ1) is 19.5. The van der Waals surface area contributed by atoms with Gasteiger partial charge in [-0.15, -0.1) is 11.3 Å². The smallest absolute Gasteiger partial charge is 0.274 e. The van der Waals surface area contributed by atoms with Crippen LogP contribution in [0.25, 0.3) is 10.6 Å². The van der Waals surface area contributed by atoms with Crippen molar-refractivity contribution >= 4 is 27.3 Å². The van der Waals surface area contributed by atoms with Crippen LogP contribution in [0.3, 0.4) is 0 Å². The van der Waals surface area contributed by atoms with Gasteiger partial charge in [0.2, 0.25) is 10.0 Å². The van der Waals surface area contributed by atoms with E-state index in [9.17, 15) is 13.2 Å². The minimum atomic E-state index is -3.55. The number of hydrogen-bond acceptors (Lipinski definition) is 5. The molecule has 0 atom stereocenters. The zero-order chi connectivity index (χ0) is 20.7. The Kier molecular flexibility index (Phi) is 4.96. The van der Waals surface area contributed by atoms with Gasteiger partial charge in [0, 0.05) is 26.2 Å². The minimum Gasteiger partial charge on any atom is -0.335 e. The quantitative estimate of drug-likeness (QED) is 0.673. The van der Waals surface area contributed by atoms with Crippen molar-refractivity contribution in [2.75, 3.05) is 26.2 Å². The number of amides is 1. The highest BCUT2D eigenvalue weighted by molar-refractivity contribution is 7.89. The Morgan fingerprint density at radius 2 is 1.83 bits per heavy atom. The van der Waals surface area contributed by atoms with Crippen LogP contribution in [0, 0.1) is 0 Å². The van der Waals surface area contributed by atoms with Crippen LogP contribution >= 0.6 is 11.3 Å². The molecule has 2 aliphatic rings. The molecule has 9 heteroatoms. The van der Waals surface area contributed by atoms with E-state index in [1.165, 1.54) is 9.87 Å². The van der Waals surface area contributed by atoms with Gasteiger partial charge in [0.15, 0.2) is 5.69 Å². The van der Waals surface area contributed by atoms with Crippen molar-refractivity contribution in [2.45, 2.75) is 24.2 Å². The number of benzene rings is 1. The summed E-state index contributed by atoms with van der Waals surface area (Å²) in [4.78, 5) is 15.9. The average Bonchev–Trinajstić information content (AvgIpc) is 3.53. The van der Waals surface area contributed by atoms with Crippen molar-refractivity contribution < 1.29 is 13.2 Å². The molecule has 3 heterocycles. The normalized spacial score (nSPS) is 17.3. The van der Waals surface area contributed by atoms with Gasteiger partial charge in [-0.2, -0.15) is 9.40 Å². The van der Waals surface area contributed by atoms with Crippen molar-refractivity contribution in [1.82, 2.24) is 19.4 Å². The van der Waals surface area contributed by atoms with E-state index in [2.05, 4.69) is 10.2 Å². The van der Waals surface area contributed by atoms with Crippen molar-refractivity contribution in [2.24, 2.45) is 0 Å². The molecule has 1 fully saturated rings. The van der Waals surface area contributed by atoms with E-state index < -0.39 is 10.0 Å². The molecular weight excluding hydrogens is 420 g/mol. The molecule has 2 aromatic heterocycles. The lowest BCUT2D eigenvalue weighted by atomic mass is 10.1. The lowest BCUT2D eigenvalue weighted by Gasteiger charge is -2.33. The number of aryl methyl sites for hydroxylation is 2. The number of fused-ring (bicyclic) bond motifs is 1. The summed E-state index contributed by atoms with van der Waals surface area (Å²) in [6.45, 7) is 1.27. The van der Waals surface area contributed by atoms with E-state index >= 15 is 0 Å². The number of piperazine rings is 1. The van der Waals surface area contributed by atoms with Crippen LogP contribution in [0.4, 0.5) is 0 Å². The number of thiophene rings is 1. The van der Waals surface area contributed by atoms with E-state index in [1.54, 1.807) is 28.4 Å². The summed E-state index contributed by atoms with van der Waals surface area (Å²) in [7, 11) is -3.55. The van der Waals surface area contributed by atoms with Crippen LogP contribution in [0.1, 0.15) is 28.0 Å². The molecule has 3 aromatic rings. The topological polar surface area (TPSA) is 86.4 Å². The summed E-state index contributed by atoms with van der Waals surface area (Å²) in [6.07, 6.45) is 3.05. The molecule has 5 rings (SSSR count). The number of rotatable bonds is 4. The summed E-state index contributed by atoms with van der Waals surface area (Å²) in [6, 6.07) is 11.1. The summed E-state index contributed by atoms with van der Waals surface area (Å²) < 4.78 is 27.6. The molecule has 1 amide bonds. The van der Waals surface area contributed by atoms with Gasteiger partial charge in [0.25, 0.3) is 5.91 Å². The zero-order valence-corrected chi connectivity index (χ0v) is 18.0. The van der Waals surface area contributed by atoms with Crippen LogP contribution in [-0.4, -0.2) is 59.9 Å². The number of nitrogens with zero attached hydrogens (tertiary/aromatic N) is 3. The maximum atomic E-state index is 13.1. The minimum absolute atomic E-state index is 0.177. The molecule has 30 heavy (non-hydrogen) atoms. The van der Waals surface area contributed by atoms with Crippen molar-refractivity contribution in [3.05, 3.63) is 58.6 Å². The highest BCUT2D eigenvalue weighted by atomic mass is 32.2. The lowest BCUT2D eigenvalue weighted by molar-refractivity contribution is 0.0692. The predicted molar refractivity (Wildman–Crippen MR) is 115 cm³/mol. The third-order valence-corrected chi connectivity index (χ3v) is 8.61. The summed E-state index contributed by atoms with van der Waals surface area (Å²) in [5, 5.41) is 9.03. The molecule has 0 radical (unpaired) electrons. The van der Waals surface area contributed by atoms with Crippen LogP contribution in [0.2, 0.25) is 0 Å². The van der Waals surface area contributed by atoms with E-state index in [1.807, 2.05) is 29.6 Å². The third-order valence-electron chi connectivity index (χ3n) is 5.82. The molecule has 0 spiro atoms. The molecule has 1 N–H and O–H groups in total. The number of aromatic nitrogens is 2. The maximum Gasteiger partial charge on any atom is 0.274 e. The highest BCUT2D eigenvalue weighted by Crippen LogP contribution is 2.27. The monoisotopic (exact) mass is 442 g/mol. The fourth-order valence-electron chi connectivity index (χ4n) is 4.14. The van der Waals surface area contributed by atoms with Gasteiger partial charge in [-0.1, -0.05) is 12.1 Å². The Morgan fingerprint density at radius 1 is 1.03 bits per heavy atom. The molecule has 156 valence electrons. The van der Waals surface area contributed by atoms with Crippen LogP contribution in [0.5, 0.6) is 0 Å². The zero-order valence-electron chi connectivity index (χ0n) is 16.4. The molecular formula is C21H22N4O3S2. The molecule has 1 aliphatic heterocycles. The Hall–Kier alpha value is -2.49. The van der Waals surface area contributed by atoms with E-state index in [0.29, 0.717) is 23.7 Å². The van der Waals surface area contributed by atoms with Gasteiger partial charge >= 0.3 is 0 Å². The Bertz CT molecular complexity index is 1180. The first-order valence-electron chi connectivity index (χ1n) is 10.0. The molecule has 1 aliphatic carbocycles. The van der Waals surface area contributed by atoms with E-state index in [-0.39, 0.29) is 19.0 Å². The number of carbonyl (C=O) groups excluding carboxylic acids is 1. The molecule has 1 saturated heterocycles. The van der Waals surface area contributed by atoms with Gasteiger partial charge in [0.05, 0.1) is 15.5 Å². The summed E-state index contributed by atoms with van der Waals surface area (Å²) >= 11 is 1.58. The second-order valence-electron chi connectivity index (χ2n) is 7.62. The van der Waals surface area contributed by atoms with Gasteiger partial charge in [0.1, 0.15) is 0 Å². The van der Waals surface area contributed by atoms with Crippen LogP contribution in [-0.2, 0) is 22.9 Å². The fourth-order valence-corrected chi connectivity index (χ4v) is 6.31. The Balaban J connectivity index is 1.26. The first-order valence-corrected chi connectivity index (χ1v) is 12.3. The third kappa shape index (κ3) is 3.46. The first-order chi connectivity index (χ1) is 14.5. The summed E-state index contributed by atoms with van der Waals surface area (Å²) in [5.74, 6) is -0.177. The largest absolute Gasteiger partial charge is 0.335 e. The van der Waals surface area contributed by atoms with Gasteiger partial charge < -0.3 is 4.90 Å². The standard InChI is InChI=1S/C21H22N4O3S2/c26-21(19-14-18(22-23-19)20-5-2-12-29-20)24-8-10-25(11-9-24)30(27,28)17-7-6-15-3-1-4-16(15)13-17/h2,5-7,12-14H,1,3-4,8-11H2,(H,22,23). The van der Waals surface area contributed by atoms with E-state index in [0.717, 1.165) is 35.4 Å². The number of sulfonamides is 1. The Labute approximate surface area is 179 Å². The molecule has 1 aromatic carbocycles. The van der Waals surface area contributed by atoms with Gasteiger partial charge in [-0.05, 0) is 60.0 Å². The number of carbonyl (C=O) groups is 1. The van der Waals surface area contributed by atoms with E-state index in [4.69, 9.17) is 0 Å². The second kappa shape index (κ2) is 7.64. The average molecular weight is 443 g/mol. The second-order valence-corrected chi connectivity index (χ2v) is 10.5. The lowest BCUT2D eigenvalue weighted by Crippen LogP contribution is -2.50. The van der Waals surface area contributed by atoms with Crippen molar-refractivity contribution in [1.29, 1.82) is 0 Å². The van der Waals surface area contributed by atoms with Gasteiger partial charge in [-0.3, -0.25) is 9.89 Å². The van der Waals surface area contributed by atoms with Gasteiger partial charge in [-0.25, -0.2) is 8.42 Å². The summed E-state index contributed by atoms with van der Waals surface area (Å²) in [5.41, 5.74) is 3.56. The molecule has 0 saturated carbocycles. The molecule has 7 nitrogen and oxygen atoms in total. The van der Waals surface area contributed by atoms with Crippen molar-refractivity contribution in [3.63, 3.8) is 0 Å². The molecule has 0 bridgehead atoms. The van der Waals surface area contributed by atoms with Crippen molar-refractivity contribution in [3.8, 4) is 10.6 Å². The fraction of sp³-hybridized carbons (Fsp3) is 0.333. The number of nitrogens with one attached hydrogen (secondary N) is 1. The number of H-pyrrole nitrogens is 1. The predicted octanol–water partition coefficient (Wildman–Crippen LogP) is 2.77. The SMILES string of the molecule is O=C(c1cc(-c2cccs2)[nH]n1)N1CCN(S(=O)(=O)c2ccc3c(c2)CCC3)CC1. The maximum absolute atomic E-state index is 13.1. The van der Waals surface area contributed by atoms with Crippen LogP contribution in [0.15, 0.2) is 46.7 Å². The molecule has 0 unspecified atom stereocenters.